The summed E-state index contributed by atoms with van der Waals surface area (Å²) in [7, 11) is 0. The zero-order valence-electron chi connectivity index (χ0n) is 17.1. The largest absolute Gasteiger partial charge is 0.489 e. The molecule has 0 saturated carbocycles. The first kappa shape index (κ1) is 24.2. The number of carbonyl (C=O) groups is 2. The van der Waals surface area contributed by atoms with Crippen molar-refractivity contribution in [3.8, 4) is 5.75 Å². The molecule has 1 saturated heterocycles. The lowest BCUT2D eigenvalue weighted by Gasteiger charge is -2.13. The van der Waals surface area contributed by atoms with Crippen molar-refractivity contribution in [1.29, 1.82) is 0 Å². The number of nitrogens with zero attached hydrogens (tertiary/aromatic N) is 1. The second-order valence-electron chi connectivity index (χ2n) is 7.10. The zero-order valence-corrected chi connectivity index (χ0v) is 19.4. The maximum Gasteiger partial charge on any atom is 0.303 e. The second-order valence-corrected chi connectivity index (χ2v) is 9.18. The van der Waals surface area contributed by atoms with E-state index in [1.54, 1.807) is 41.3 Å². The normalized spacial score (nSPS) is 14.9. The van der Waals surface area contributed by atoms with Gasteiger partial charge in [-0.3, -0.25) is 14.5 Å². The monoisotopic (exact) mass is 493 g/mol. The molecule has 1 fully saturated rings. The number of benzene rings is 2. The molecule has 2 aromatic rings. The molecule has 0 bridgehead atoms. The van der Waals surface area contributed by atoms with Gasteiger partial charge < -0.3 is 9.84 Å². The molecule has 168 valence electrons. The van der Waals surface area contributed by atoms with Gasteiger partial charge in [-0.25, -0.2) is 4.39 Å². The molecule has 9 heteroatoms. The number of amides is 1. The van der Waals surface area contributed by atoms with Crippen molar-refractivity contribution >= 4 is 57.9 Å². The fraction of sp³-hybridized carbons (Fsp3) is 0.261. The first-order valence-electron chi connectivity index (χ1n) is 9.98. The van der Waals surface area contributed by atoms with Crippen molar-refractivity contribution in [1.82, 2.24) is 4.90 Å². The molecule has 3 rings (SSSR count). The Morgan fingerprint density at radius 2 is 1.94 bits per heavy atom. The van der Waals surface area contributed by atoms with Crippen LogP contribution in [0, 0.1) is 5.82 Å². The van der Waals surface area contributed by atoms with Crippen molar-refractivity contribution in [2.24, 2.45) is 0 Å². The Morgan fingerprint density at radius 1 is 1.19 bits per heavy atom. The SMILES string of the molecule is O=C(O)CCCCCN1C(=O)/C(=C\c2ccc(OCc3c(F)cccc3Cl)cc2)SC1=S. The summed E-state index contributed by atoms with van der Waals surface area (Å²) in [6.07, 6.45) is 3.90. The fourth-order valence-electron chi connectivity index (χ4n) is 3.05. The molecular weight excluding hydrogens is 473 g/mol. The lowest BCUT2D eigenvalue weighted by atomic mass is 10.2. The molecule has 1 heterocycles. The third-order valence-electron chi connectivity index (χ3n) is 4.77. The van der Waals surface area contributed by atoms with Gasteiger partial charge in [-0.15, -0.1) is 0 Å². The molecule has 0 unspecified atom stereocenters. The standard InChI is InChI=1S/C23H21ClFNO4S2/c24-18-5-4-6-19(25)17(18)14-30-16-10-8-15(9-11-16)13-20-22(29)26(23(31)32-20)12-3-1-2-7-21(27)28/h4-6,8-11,13H,1-3,7,12,14H2,(H,27,28)/b20-13+. The number of ether oxygens (including phenoxy) is 1. The summed E-state index contributed by atoms with van der Waals surface area (Å²) < 4.78 is 20.0. The highest BCUT2D eigenvalue weighted by Gasteiger charge is 2.31. The van der Waals surface area contributed by atoms with Crippen LogP contribution in [-0.4, -0.2) is 32.7 Å². The Morgan fingerprint density at radius 3 is 2.62 bits per heavy atom. The van der Waals surface area contributed by atoms with Gasteiger partial charge >= 0.3 is 5.97 Å². The van der Waals surface area contributed by atoms with Crippen LogP contribution in [0.15, 0.2) is 47.4 Å². The molecule has 1 N–H and O–H groups in total. The minimum absolute atomic E-state index is 0.00990. The third-order valence-corrected chi connectivity index (χ3v) is 6.50. The maximum atomic E-state index is 13.8. The molecule has 5 nitrogen and oxygen atoms in total. The number of carbonyl (C=O) groups excluding carboxylic acids is 1. The second kappa shape index (κ2) is 11.4. The van der Waals surface area contributed by atoms with E-state index in [1.807, 2.05) is 0 Å². The van der Waals surface area contributed by atoms with Gasteiger partial charge in [0.05, 0.1) is 9.93 Å². The Labute approximate surface area is 200 Å². The van der Waals surface area contributed by atoms with E-state index in [-0.39, 0.29) is 18.9 Å². The molecule has 0 radical (unpaired) electrons. The number of rotatable bonds is 10. The summed E-state index contributed by atoms with van der Waals surface area (Å²) in [4.78, 5) is 25.3. The fourth-order valence-corrected chi connectivity index (χ4v) is 4.58. The average Bonchev–Trinajstić information content (AvgIpc) is 3.01. The first-order valence-corrected chi connectivity index (χ1v) is 11.6. The van der Waals surface area contributed by atoms with Gasteiger partial charge in [-0.1, -0.05) is 60.2 Å². The van der Waals surface area contributed by atoms with Crippen LogP contribution in [0.1, 0.15) is 36.8 Å². The van der Waals surface area contributed by atoms with Crippen LogP contribution in [0.4, 0.5) is 4.39 Å². The Bertz CT molecular complexity index is 1020. The molecule has 1 amide bonds. The predicted molar refractivity (Wildman–Crippen MR) is 128 cm³/mol. The van der Waals surface area contributed by atoms with Crippen molar-refractivity contribution < 1.29 is 23.8 Å². The van der Waals surface area contributed by atoms with Crippen LogP contribution in [0.5, 0.6) is 5.75 Å². The summed E-state index contributed by atoms with van der Waals surface area (Å²) in [5.74, 6) is -0.827. The van der Waals surface area contributed by atoms with Crippen LogP contribution >= 0.6 is 35.6 Å². The molecule has 1 aliphatic rings. The Hall–Kier alpha value is -2.42. The van der Waals surface area contributed by atoms with Gasteiger partial charge in [-0.2, -0.15) is 0 Å². The summed E-state index contributed by atoms with van der Waals surface area (Å²) in [6, 6.07) is 11.6. The van der Waals surface area contributed by atoms with E-state index in [1.165, 1.54) is 23.9 Å². The minimum Gasteiger partial charge on any atom is -0.489 e. The lowest BCUT2D eigenvalue weighted by molar-refractivity contribution is -0.137. The minimum atomic E-state index is -0.814. The van der Waals surface area contributed by atoms with Gasteiger partial charge in [-0.05, 0) is 48.7 Å². The summed E-state index contributed by atoms with van der Waals surface area (Å²) in [6.45, 7) is 0.489. The zero-order chi connectivity index (χ0) is 23.1. The molecule has 1 aliphatic heterocycles. The van der Waals surface area contributed by atoms with E-state index in [2.05, 4.69) is 0 Å². The first-order chi connectivity index (χ1) is 15.3. The third kappa shape index (κ3) is 6.54. The van der Waals surface area contributed by atoms with Crippen LogP contribution in [-0.2, 0) is 16.2 Å². The highest BCUT2D eigenvalue weighted by molar-refractivity contribution is 8.26. The smallest absolute Gasteiger partial charge is 0.303 e. The van der Waals surface area contributed by atoms with Gasteiger partial charge in [0.2, 0.25) is 0 Å². The number of thiocarbonyl (C=S) groups is 1. The summed E-state index contributed by atoms with van der Waals surface area (Å²) >= 11 is 12.6. The summed E-state index contributed by atoms with van der Waals surface area (Å²) in [5, 5.41) is 8.99. The van der Waals surface area contributed by atoms with E-state index < -0.39 is 11.8 Å². The van der Waals surface area contributed by atoms with Gasteiger partial charge in [0.1, 0.15) is 22.5 Å². The van der Waals surface area contributed by atoms with Crippen LogP contribution in [0.25, 0.3) is 6.08 Å². The van der Waals surface area contributed by atoms with Gasteiger partial charge in [0.25, 0.3) is 5.91 Å². The van der Waals surface area contributed by atoms with Crippen molar-refractivity contribution in [2.75, 3.05) is 6.54 Å². The van der Waals surface area contributed by atoms with E-state index in [0.29, 0.717) is 44.9 Å². The van der Waals surface area contributed by atoms with Crippen LogP contribution in [0.3, 0.4) is 0 Å². The Balaban J connectivity index is 1.55. The number of aliphatic carboxylic acids is 1. The van der Waals surface area contributed by atoms with Gasteiger partial charge in [0, 0.05) is 18.5 Å². The maximum absolute atomic E-state index is 13.8. The summed E-state index contributed by atoms with van der Waals surface area (Å²) in [5.41, 5.74) is 1.10. The van der Waals surface area contributed by atoms with Gasteiger partial charge in [0.15, 0.2) is 0 Å². The number of hydrogen-bond donors (Lipinski definition) is 1. The molecule has 0 atom stereocenters. The Kier molecular flexibility index (Phi) is 8.67. The van der Waals surface area contributed by atoms with E-state index >= 15 is 0 Å². The molecule has 32 heavy (non-hydrogen) atoms. The average molecular weight is 494 g/mol. The number of carboxylic acid groups (broad SMARTS) is 1. The topological polar surface area (TPSA) is 66.8 Å². The number of halogens is 2. The quantitative estimate of drug-likeness (QED) is 0.252. The molecule has 0 aromatic heterocycles. The van der Waals surface area contributed by atoms with Crippen molar-refractivity contribution in [3.63, 3.8) is 0 Å². The number of unbranched alkanes of at least 4 members (excludes halogenated alkanes) is 2. The molecular formula is C23H21ClFNO4S2. The number of thioether (sulfide) groups is 1. The molecule has 2 aromatic carbocycles. The highest BCUT2D eigenvalue weighted by Crippen LogP contribution is 2.33. The predicted octanol–water partition coefficient (Wildman–Crippen LogP) is 5.90. The molecule has 0 aliphatic carbocycles. The van der Waals surface area contributed by atoms with E-state index in [9.17, 15) is 14.0 Å². The van der Waals surface area contributed by atoms with Crippen molar-refractivity contribution in [3.05, 3.63) is 69.3 Å². The van der Waals surface area contributed by atoms with E-state index in [4.69, 9.17) is 33.7 Å². The lowest BCUT2D eigenvalue weighted by Crippen LogP contribution is -2.29. The highest BCUT2D eigenvalue weighted by atomic mass is 35.5. The molecule has 0 spiro atoms. The van der Waals surface area contributed by atoms with Crippen LogP contribution < -0.4 is 4.74 Å². The van der Waals surface area contributed by atoms with Crippen molar-refractivity contribution in [2.45, 2.75) is 32.3 Å². The number of hydrogen-bond acceptors (Lipinski definition) is 5. The van der Waals surface area contributed by atoms with E-state index in [0.717, 1.165) is 12.0 Å². The van der Waals surface area contributed by atoms with Crippen LogP contribution in [0.2, 0.25) is 5.02 Å². The number of carboxylic acids is 1.